The zero-order valence-electron chi connectivity index (χ0n) is 11.1. The summed E-state index contributed by atoms with van der Waals surface area (Å²) in [6.07, 6.45) is 3.08. The Morgan fingerprint density at radius 3 is 3.16 bits per heavy atom. The van der Waals surface area contributed by atoms with Crippen LogP contribution >= 0.6 is 11.3 Å². The Labute approximate surface area is 118 Å². The van der Waals surface area contributed by atoms with Gasteiger partial charge in [0.1, 0.15) is 5.01 Å². The molecule has 0 saturated carbocycles. The maximum absolute atomic E-state index is 4.44. The van der Waals surface area contributed by atoms with Crippen molar-refractivity contribution in [1.29, 1.82) is 0 Å². The van der Waals surface area contributed by atoms with E-state index in [0.29, 0.717) is 5.92 Å². The van der Waals surface area contributed by atoms with Crippen molar-refractivity contribution in [2.24, 2.45) is 0 Å². The minimum Gasteiger partial charge on any atom is -0.384 e. The number of hydrogen-bond acceptors (Lipinski definition) is 4. The molecule has 100 valence electrons. The van der Waals surface area contributed by atoms with Gasteiger partial charge in [0.05, 0.1) is 0 Å². The second kappa shape index (κ2) is 5.72. The van der Waals surface area contributed by atoms with Crippen LogP contribution in [0, 0.1) is 0 Å². The van der Waals surface area contributed by atoms with E-state index in [4.69, 9.17) is 0 Å². The van der Waals surface area contributed by atoms with Crippen molar-refractivity contribution < 1.29 is 0 Å². The number of nitrogens with zero attached hydrogens (tertiary/aromatic N) is 1. The molecule has 3 rings (SSSR count). The number of fused-ring (bicyclic) bond motifs is 1. The average molecular weight is 273 g/mol. The number of benzene rings is 1. The quantitative estimate of drug-likeness (QED) is 0.879. The standard InChI is InChI=1S/C15H19N3S/c1-2-12-9-18-15(19-12)10-16-7-11-8-17-14-6-4-3-5-13(11)14/h3-6,9,11,16-17H,2,7-8,10H2,1H3. The van der Waals surface area contributed by atoms with Crippen LogP contribution in [0.4, 0.5) is 5.69 Å². The Morgan fingerprint density at radius 2 is 2.32 bits per heavy atom. The molecule has 1 aliphatic heterocycles. The Morgan fingerprint density at radius 1 is 1.42 bits per heavy atom. The summed E-state index contributed by atoms with van der Waals surface area (Å²) in [4.78, 5) is 5.80. The van der Waals surface area contributed by atoms with Crippen LogP contribution in [0.15, 0.2) is 30.5 Å². The van der Waals surface area contributed by atoms with Crippen molar-refractivity contribution >= 4 is 17.0 Å². The van der Waals surface area contributed by atoms with Gasteiger partial charge in [-0.3, -0.25) is 0 Å². The SMILES string of the molecule is CCc1cnc(CNCC2CNc3ccccc32)s1. The minimum atomic E-state index is 0.571. The number of aromatic nitrogens is 1. The lowest BCUT2D eigenvalue weighted by Gasteiger charge is -2.10. The first-order valence-electron chi connectivity index (χ1n) is 6.84. The normalized spacial score (nSPS) is 17.2. The molecule has 2 heterocycles. The minimum absolute atomic E-state index is 0.571. The fraction of sp³-hybridized carbons (Fsp3) is 0.400. The van der Waals surface area contributed by atoms with E-state index in [1.165, 1.54) is 21.1 Å². The monoisotopic (exact) mass is 273 g/mol. The lowest BCUT2D eigenvalue weighted by Crippen LogP contribution is -2.22. The molecule has 0 fully saturated rings. The van der Waals surface area contributed by atoms with Gasteiger partial charge < -0.3 is 10.6 Å². The molecule has 1 aliphatic rings. The van der Waals surface area contributed by atoms with Gasteiger partial charge in [-0.25, -0.2) is 4.98 Å². The van der Waals surface area contributed by atoms with E-state index in [-0.39, 0.29) is 0 Å². The number of rotatable bonds is 5. The van der Waals surface area contributed by atoms with E-state index >= 15 is 0 Å². The Hall–Kier alpha value is -1.39. The molecule has 1 atom stereocenters. The van der Waals surface area contributed by atoms with Gasteiger partial charge in [0, 0.05) is 42.3 Å². The summed E-state index contributed by atoms with van der Waals surface area (Å²) in [6.45, 7) is 5.09. The van der Waals surface area contributed by atoms with Crippen molar-refractivity contribution in [3.63, 3.8) is 0 Å². The van der Waals surface area contributed by atoms with Gasteiger partial charge in [0.25, 0.3) is 0 Å². The third-order valence-electron chi connectivity index (χ3n) is 3.56. The lowest BCUT2D eigenvalue weighted by molar-refractivity contribution is 0.612. The molecule has 1 aromatic heterocycles. The summed E-state index contributed by atoms with van der Waals surface area (Å²) in [7, 11) is 0. The molecule has 0 spiro atoms. The van der Waals surface area contributed by atoms with Crippen LogP contribution in [0.1, 0.15) is 28.3 Å². The topological polar surface area (TPSA) is 37.0 Å². The van der Waals surface area contributed by atoms with E-state index in [2.05, 4.69) is 46.8 Å². The van der Waals surface area contributed by atoms with Crippen LogP contribution in [0.25, 0.3) is 0 Å². The van der Waals surface area contributed by atoms with E-state index < -0.39 is 0 Å². The van der Waals surface area contributed by atoms with Gasteiger partial charge in [0.2, 0.25) is 0 Å². The van der Waals surface area contributed by atoms with Gasteiger partial charge in [-0.2, -0.15) is 0 Å². The fourth-order valence-electron chi connectivity index (χ4n) is 2.49. The van der Waals surface area contributed by atoms with Gasteiger partial charge in [0.15, 0.2) is 0 Å². The number of hydrogen-bond donors (Lipinski definition) is 2. The van der Waals surface area contributed by atoms with Gasteiger partial charge in [-0.05, 0) is 18.1 Å². The highest BCUT2D eigenvalue weighted by molar-refractivity contribution is 7.11. The molecule has 0 bridgehead atoms. The predicted molar refractivity (Wildman–Crippen MR) is 80.9 cm³/mol. The Kier molecular flexibility index (Phi) is 3.80. The molecular weight excluding hydrogens is 254 g/mol. The summed E-state index contributed by atoms with van der Waals surface area (Å²) in [5.41, 5.74) is 2.72. The smallest absolute Gasteiger partial charge is 0.107 e. The van der Waals surface area contributed by atoms with Crippen molar-refractivity contribution in [2.45, 2.75) is 25.8 Å². The van der Waals surface area contributed by atoms with E-state index in [9.17, 15) is 0 Å². The van der Waals surface area contributed by atoms with Crippen LogP contribution in [0.5, 0.6) is 0 Å². The van der Waals surface area contributed by atoms with Crippen LogP contribution in [-0.4, -0.2) is 18.1 Å². The summed E-state index contributed by atoms with van der Waals surface area (Å²) in [5.74, 6) is 0.571. The summed E-state index contributed by atoms with van der Waals surface area (Å²) >= 11 is 1.81. The molecule has 1 aromatic carbocycles. The Bertz CT molecular complexity index is 550. The molecule has 4 heteroatoms. The molecular formula is C15H19N3S. The van der Waals surface area contributed by atoms with Gasteiger partial charge >= 0.3 is 0 Å². The molecule has 0 saturated heterocycles. The lowest BCUT2D eigenvalue weighted by atomic mass is 10.0. The highest BCUT2D eigenvalue weighted by Crippen LogP contribution is 2.30. The molecule has 0 radical (unpaired) electrons. The van der Waals surface area contributed by atoms with Crippen LogP contribution in [0.3, 0.4) is 0 Å². The zero-order chi connectivity index (χ0) is 13.1. The first-order valence-corrected chi connectivity index (χ1v) is 7.65. The van der Waals surface area contributed by atoms with Crippen molar-refractivity contribution in [2.75, 3.05) is 18.4 Å². The van der Waals surface area contributed by atoms with E-state index in [1.54, 1.807) is 0 Å². The number of nitrogens with one attached hydrogen (secondary N) is 2. The number of aryl methyl sites for hydroxylation is 1. The molecule has 2 N–H and O–H groups in total. The van der Waals surface area contributed by atoms with E-state index in [0.717, 1.165) is 26.1 Å². The van der Waals surface area contributed by atoms with Crippen molar-refractivity contribution in [3.05, 3.63) is 45.9 Å². The average Bonchev–Trinajstić information content (AvgIpc) is 3.06. The highest BCUT2D eigenvalue weighted by atomic mass is 32.1. The van der Waals surface area contributed by atoms with Crippen LogP contribution in [-0.2, 0) is 13.0 Å². The molecule has 0 amide bonds. The summed E-state index contributed by atoms with van der Waals surface area (Å²) < 4.78 is 0. The zero-order valence-corrected chi connectivity index (χ0v) is 12.0. The molecule has 1 unspecified atom stereocenters. The number of thiazole rings is 1. The van der Waals surface area contributed by atoms with Crippen molar-refractivity contribution in [1.82, 2.24) is 10.3 Å². The second-order valence-electron chi connectivity index (χ2n) is 4.87. The van der Waals surface area contributed by atoms with E-state index in [1.807, 2.05) is 17.5 Å². The fourth-order valence-corrected chi connectivity index (χ4v) is 3.32. The van der Waals surface area contributed by atoms with Gasteiger partial charge in [-0.1, -0.05) is 25.1 Å². The van der Waals surface area contributed by atoms with Crippen LogP contribution in [0.2, 0.25) is 0 Å². The maximum Gasteiger partial charge on any atom is 0.107 e. The summed E-state index contributed by atoms with van der Waals surface area (Å²) in [6, 6.07) is 8.58. The third-order valence-corrected chi connectivity index (χ3v) is 4.70. The van der Waals surface area contributed by atoms with Gasteiger partial charge in [-0.15, -0.1) is 11.3 Å². The highest BCUT2D eigenvalue weighted by Gasteiger charge is 2.20. The maximum atomic E-state index is 4.44. The first-order chi connectivity index (χ1) is 9.36. The van der Waals surface area contributed by atoms with Crippen molar-refractivity contribution in [3.8, 4) is 0 Å². The number of anilines is 1. The largest absolute Gasteiger partial charge is 0.384 e. The first kappa shape index (κ1) is 12.6. The summed E-state index contributed by atoms with van der Waals surface area (Å²) in [5, 5.41) is 8.18. The molecule has 0 aliphatic carbocycles. The molecule has 19 heavy (non-hydrogen) atoms. The second-order valence-corrected chi connectivity index (χ2v) is 6.07. The molecule has 3 nitrogen and oxygen atoms in total. The third kappa shape index (κ3) is 2.80. The molecule has 2 aromatic rings. The predicted octanol–water partition coefficient (Wildman–Crippen LogP) is 3.00. The van der Waals surface area contributed by atoms with Crippen LogP contribution < -0.4 is 10.6 Å². The number of para-hydroxylation sites is 1. The Balaban J connectivity index is 1.53.